The minimum absolute atomic E-state index is 0.0359. The van der Waals surface area contributed by atoms with E-state index in [4.69, 9.17) is 5.11 Å². The topological polar surface area (TPSA) is 49.3 Å². The molecule has 0 fully saturated rings. The third kappa shape index (κ3) is 6.75. The third-order valence-corrected chi connectivity index (χ3v) is 3.14. The minimum atomic E-state index is -4.25. The molecule has 114 valence electrons. The highest BCUT2D eigenvalue weighted by molar-refractivity contribution is 5.73. The molecule has 1 aliphatic rings. The van der Waals surface area contributed by atoms with E-state index in [0.29, 0.717) is 6.54 Å². The maximum absolute atomic E-state index is 12.2. The lowest BCUT2D eigenvalue weighted by Crippen LogP contribution is -2.39. The smallest absolute Gasteiger partial charge is 0.389 e. The van der Waals surface area contributed by atoms with Crippen LogP contribution in [0.3, 0.4) is 0 Å². The second-order valence-corrected chi connectivity index (χ2v) is 5.19. The van der Waals surface area contributed by atoms with Crippen molar-refractivity contribution in [3.8, 4) is 0 Å². The van der Waals surface area contributed by atoms with Gasteiger partial charge in [-0.15, -0.1) is 0 Å². The number of nitrogens with one attached hydrogen (secondary N) is 1. The van der Waals surface area contributed by atoms with Crippen LogP contribution in [0.4, 0.5) is 13.2 Å². The van der Waals surface area contributed by atoms with E-state index in [2.05, 4.69) is 5.32 Å². The Bertz CT molecular complexity index is 388. The molecular formula is C14H20F3NO2. The van der Waals surface area contributed by atoms with Gasteiger partial charge in [0, 0.05) is 13.0 Å². The minimum Gasteiger partial charge on any atom is -0.480 e. The van der Waals surface area contributed by atoms with Gasteiger partial charge in [0.15, 0.2) is 0 Å². The molecule has 0 aliphatic heterocycles. The van der Waals surface area contributed by atoms with Gasteiger partial charge in [0.2, 0.25) is 0 Å². The SMILES string of the molecule is CC(CC(NCC1=CCCC=C1)C(=O)O)CC(F)(F)F. The summed E-state index contributed by atoms with van der Waals surface area (Å²) in [6.07, 6.45) is 2.55. The molecule has 0 amide bonds. The second-order valence-electron chi connectivity index (χ2n) is 5.19. The number of hydrogen-bond acceptors (Lipinski definition) is 2. The van der Waals surface area contributed by atoms with Crippen LogP contribution in [-0.2, 0) is 4.79 Å². The van der Waals surface area contributed by atoms with Crippen LogP contribution in [0.2, 0.25) is 0 Å². The zero-order valence-electron chi connectivity index (χ0n) is 11.4. The first-order valence-corrected chi connectivity index (χ1v) is 6.66. The van der Waals surface area contributed by atoms with Crippen LogP contribution in [0.1, 0.15) is 32.6 Å². The molecule has 2 N–H and O–H groups in total. The molecule has 0 bridgehead atoms. The highest BCUT2D eigenvalue weighted by atomic mass is 19.4. The van der Waals surface area contributed by atoms with E-state index in [0.717, 1.165) is 18.4 Å². The van der Waals surface area contributed by atoms with Crippen LogP contribution >= 0.6 is 0 Å². The van der Waals surface area contributed by atoms with Gasteiger partial charge in [-0.3, -0.25) is 4.79 Å². The van der Waals surface area contributed by atoms with Gasteiger partial charge in [0.1, 0.15) is 6.04 Å². The van der Waals surface area contributed by atoms with E-state index in [1.807, 2.05) is 18.2 Å². The average molecular weight is 291 g/mol. The van der Waals surface area contributed by atoms with E-state index in [9.17, 15) is 18.0 Å². The summed E-state index contributed by atoms with van der Waals surface area (Å²) in [4.78, 5) is 11.1. The van der Waals surface area contributed by atoms with Gasteiger partial charge < -0.3 is 10.4 Å². The summed E-state index contributed by atoms with van der Waals surface area (Å²) in [6.45, 7) is 1.79. The fraction of sp³-hybridized carbons (Fsp3) is 0.643. The number of carboxylic acid groups (broad SMARTS) is 1. The summed E-state index contributed by atoms with van der Waals surface area (Å²) < 4.78 is 36.7. The van der Waals surface area contributed by atoms with Crippen LogP contribution < -0.4 is 5.32 Å². The number of carboxylic acids is 1. The molecule has 2 atom stereocenters. The largest absolute Gasteiger partial charge is 0.480 e. The Hall–Kier alpha value is -1.30. The summed E-state index contributed by atoms with van der Waals surface area (Å²) in [7, 11) is 0. The predicted molar refractivity (Wildman–Crippen MR) is 70.3 cm³/mol. The van der Waals surface area contributed by atoms with Crippen LogP contribution in [0.5, 0.6) is 0 Å². The molecule has 0 saturated carbocycles. The number of aliphatic carboxylic acids is 1. The molecule has 0 heterocycles. The maximum Gasteiger partial charge on any atom is 0.389 e. The molecule has 6 heteroatoms. The number of carbonyl (C=O) groups is 1. The first-order chi connectivity index (χ1) is 9.28. The molecule has 2 unspecified atom stereocenters. The van der Waals surface area contributed by atoms with Gasteiger partial charge in [-0.2, -0.15) is 13.2 Å². The standard InChI is InChI=1S/C14H20F3NO2/c1-10(8-14(15,16)17)7-12(13(19)20)18-9-11-5-3-2-4-6-11/h3,5-6,10,12,18H,2,4,7-9H2,1H3,(H,19,20). The molecule has 20 heavy (non-hydrogen) atoms. The molecule has 0 aromatic rings. The molecule has 1 aliphatic carbocycles. The molecule has 0 aromatic heterocycles. The van der Waals surface area contributed by atoms with Gasteiger partial charge >= 0.3 is 12.1 Å². The number of allylic oxidation sites excluding steroid dienone is 2. The number of alkyl halides is 3. The Morgan fingerprint density at radius 3 is 2.65 bits per heavy atom. The lowest BCUT2D eigenvalue weighted by atomic mass is 9.97. The zero-order valence-corrected chi connectivity index (χ0v) is 11.4. The molecule has 1 rings (SSSR count). The summed E-state index contributed by atoms with van der Waals surface area (Å²) in [6, 6.07) is -0.955. The Kier molecular flexibility index (Phi) is 6.26. The van der Waals surface area contributed by atoms with E-state index < -0.39 is 30.5 Å². The molecule has 0 aromatic carbocycles. The summed E-state index contributed by atoms with van der Waals surface area (Å²) in [5.74, 6) is -1.83. The monoisotopic (exact) mass is 291 g/mol. The Labute approximate surface area is 116 Å². The molecule has 0 spiro atoms. The van der Waals surface area contributed by atoms with Gasteiger partial charge in [-0.25, -0.2) is 0 Å². The number of hydrogen-bond donors (Lipinski definition) is 2. The van der Waals surface area contributed by atoms with Crippen molar-refractivity contribution in [2.45, 2.75) is 44.8 Å². The molecule has 0 radical (unpaired) electrons. The van der Waals surface area contributed by atoms with Crippen molar-refractivity contribution < 1.29 is 23.1 Å². The molecular weight excluding hydrogens is 271 g/mol. The van der Waals surface area contributed by atoms with Crippen molar-refractivity contribution in [2.24, 2.45) is 5.92 Å². The zero-order chi connectivity index (χ0) is 15.2. The van der Waals surface area contributed by atoms with Crippen molar-refractivity contribution in [1.29, 1.82) is 0 Å². The average Bonchev–Trinajstić information content (AvgIpc) is 2.33. The van der Waals surface area contributed by atoms with Gasteiger partial charge in [0.25, 0.3) is 0 Å². The van der Waals surface area contributed by atoms with Crippen LogP contribution in [-0.4, -0.2) is 29.8 Å². The molecule has 0 saturated heterocycles. The normalized spacial score (nSPS) is 18.5. The van der Waals surface area contributed by atoms with Gasteiger partial charge in [-0.1, -0.05) is 25.2 Å². The van der Waals surface area contributed by atoms with Crippen LogP contribution in [0.15, 0.2) is 23.8 Å². The Balaban J connectivity index is 2.46. The van der Waals surface area contributed by atoms with Crippen molar-refractivity contribution in [3.63, 3.8) is 0 Å². The fourth-order valence-electron chi connectivity index (χ4n) is 2.19. The number of halogens is 3. The van der Waals surface area contributed by atoms with E-state index in [1.54, 1.807) is 0 Å². The fourth-order valence-corrected chi connectivity index (χ4v) is 2.19. The summed E-state index contributed by atoms with van der Waals surface area (Å²) >= 11 is 0. The van der Waals surface area contributed by atoms with Gasteiger partial charge in [0.05, 0.1) is 0 Å². The van der Waals surface area contributed by atoms with E-state index in [1.165, 1.54) is 6.92 Å². The first kappa shape index (κ1) is 16.8. The molecule has 3 nitrogen and oxygen atoms in total. The summed E-state index contributed by atoms with van der Waals surface area (Å²) in [5, 5.41) is 11.9. The first-order valence-electron chi connectivity index (χ1n) is 6.66. The van der Waals surface area contributed by atoms with Crippen molar-refractivity contribution in [2.75, 3.05) is 6.54 Å². The van der Waals surface area contributed by atoms with E-state index >= 15 is 0 Å². The number of rotatable bonds is 7. The predicted octanol–water partition coefficient (Wildman–Crippen LogP) is 3.28. The van der Waals surface area contributed by atoms with Gasteiger partial charge in [-0.05, 0) is 30.8 Å². The van der Waals surface area contributed by atoms with Crippen LogP contribution in [0, 0.1) is 5.92 Å². The quantitative estimate of drug-likeness (QED) is 0.756. The lowest BCUT2D eigenvalue weighted by molar-refractivity contribution is -0.148. The maximum atomic E-state index is 12.2. The van der Waals surface area contributed by atoms with E-state index in [-0.39, 0.29) is 6.42 Å². The van der Waals surface area contributed by atoms with Crippen molar-refractivity contribution >= 4 is 5.97 Å². The second kappa shape index (κ2) is 7.47. The Morgan fingerprint density at radius 2 is 2.15 bits per heavy atom. The van der Waals surface area contributed by atoms with Crippen molar-refractivity contribution in [3.05, 3.63) is 23.8 Å². The highest BCUT2D eigenvalue weighted by Crippen LogP contribution is 2.27. The Morgan fingerprint density at radius 1 is 1.45 bits per heavy atom. The third-order valence-electron chi connectivity index (χ3n) is 3.14. The summed E-state index contributed by atoms with van der Waals surface area (Å²) in [5.41, 5.74) is 0.978. The lowest BCUT2D eigenvalue weighted by Gasteiger charge is -2.20. The highest BCUT2D eigenvalue weighted by Gasteiger charge is 2.32. The van der Waals surface area contributed by atoms with Crippen LogP contribution in [0.25, 0.3) is 0 Å². The van der Waals surface area contributed by atoms with Crippen molar-refractivity contribution in [1.82, 2.24) is 5.32 Å².